The van der Waals surface area contributed by atoms with Crippen LogP contribution in [-0.2, 0) is 10.6 Å². The van der Waals surface area contributed by atoms with Gasteiger partial charge in [0.25, 0.3) is 0 Å². The average molecular weight is 487 g/mol. The lowest BCUT2D eigenvalue weighted by Gasteiger charge is -2.36. The second kappa shape index (κ2) is 11.0. The van der Waals surface area contributed by atoms with Gasteiger partial charge in [-0.2, -0.15) is 5.10 Å². The molecular formula is C27H30N6OS. The largest absolute Gasteiger partial charge is 0.352 e. The summed E-state index contributed by atoms with van der Waals surface area (Å²) in [7, 11) is 0. The molecule has 5 rings (SSSR count). The normalized spacial score (nSPS) is 14.9. The highest BCUT2D eigenvalue weighted by Crippen LogP contribution is 2.28. The van der Waals surface area contributed by atoms with E-state index in [1.165, 1.54) is 23.0 Å². The quantitative estimate of drug-likeness (QED) is 0.331. The fraction of sp³-hybridized carbons (Fsp3) is 0.333. The lowest BCUT2D eigenvalue weighted by molar-refractivity contribution is 0.344. The number of hydrogen-bond acceptors (Lipinski definition) is 8. The zero-order chi connectivity index (χ0) is 24.0. The Hall–Kier alpha value is -3.23. The molecule has 1 fully saturated rings. The zero-order valence-electron chi connectivity index (χ0n) is 20.2. The summed E-state index contributed by atoms with van der Waals surface area (Å²) in [6.07, 6.45) is 6.46. The van der Waals surface area contributed by atoms with Gasteiger partial charge in [-0.05, 0) is 17.6 Å². The molecule has 0 radical (unpaired) electrons. The maximum atomic E-state index is 5.44. The second-order valence-corrected chi connectivity index (χ2v) is 9.37. The molecule has 8 heteroatoms. The predicted molar refractivity (Wildman–Crippen MR) is 143 cm³/mol. The van der Waals surface area contributed by atoms with Gasteiger partial charge in [-0.15, -0.1) is 5.10 Å². The summed E-state index contributed by atoms with van der Waals surface area (Å²) in [5.74, 6) is 2.10. The van der Waals surface area contributed by atoms with Crippen molar-refractivity contribution < 1.29 is 4.18 Å². The molecular weight excluding hydrogens is 456 g/mol. The highest BCUT2D eigenvalue weighted by atomic mass is 32.2. The minimum Gasteiger partial charge on any atom is -0.352 e. The number of nitrogens with zero attached hydrogens (tertiary/aromatic N) is 6. The molecule has 1 atom stereocenters. The molecule has 3 heterocycles. The van der Waals surface area contributed by atoms with Crippen LogP contribution >= 0.6 is 12.0 Å². The summed E-state index contributed by atoms with van der Waals surface area (Å²) in [5, 5.41) is 11.7. The van der Waals surface area contributed by atoms with Crippen LogP contribution in [0.3, 0.4) is 0 Å². The molecule has 4 aromatic rings. The number of benzene rings is 2. The van der Waals surface area contributed by atoms with Gasteiger partial charge >= 0.3 is 0 Å². The third-order valence-electron chi connectivity index (χ3n) is 6.46. The van der Waals surface area contributed by atoms with Crippen molar-refractivity contribution in [2.45, 2.75) is 19.3 Å². The van der Waals surface area contributed by atoms with Gasteiger partial charge in [0.1, 0.15) is 5.82 Å². The van der Waals surface area contributed by atoms with Crippen molar-refractivity contribution in [1.82, 2.24) is 20.2 Å². The lowest BCUT2D eigenvalue weighted by Crippen LogP contribution is -2.47. The van der Waals surface area contributed by atoms with E-state index in [9.17, 15) is 0 Å². The first-order chi connectivity index (χ1) is 17.2. The Bertz CT molecular complexity index is 1250. The van der Waals surface area contributed by atoms with Gasteiger partial charge in [0.2, 0.25) is 0 Å². The molecule has 0 saturated carbocycles. The van der Waals surface area contributed by atoms with Crippen LogP contribution in [0.25, 0.3) is 10.8 Å². The van der Waals surface area contributed by atoms with E-state index in [0.29, 0.717) is 6.61 Å². The Balaban J connectivity index is 1.28. The summed E-state index contributed by atoms with van der Waals surface area (Å²) in [4.78, 5) is 13.9. The van der Waals surface area contributed by atoms with E-state index in [0.717, 1.165) is 61.0 Å². The van der Waals surface area contributed by atoms with E-state index in [2.05, 4.69) is 80.3 Å². The molecule has 0 amide bonds. The Kier molecular flexibility index (Phi) is 7.39. The molecule has 35 heavy (non-hydrogen) atoms. The van der Waals surface area contributed by atoms with Gasteiger partial charge in [0.05, 0.1) is 30.4 Å². The third-order valence-corrected chi connectivity index (χ3v) is 6.83. The summed E-state index contributed by atoms with van der Waals surface area (Å²) in [5.41, 5.74) is 3.21. The van der Waals surface area contributed by atoms with Gasteiger partial charge < -0.3 is 14.0 Å². The molecule has 180 valence electrons. The highest BCUT2D eigenvalue weighted by molar-refractivity contribution is 7.93. The Morgan fingerprint density at radius 2 is 1.57 bits per heavy atom. The molecule has 0 spiro atoms. The van der Waals surface area contributed by atoms with Crippen LogP contribution in [-0.4, -0.2) is 59.2 Å². The van der Waals surface area contributed by atoms with Gasteiger partial charge in [-0.1, -0.05) is 61.5 Å². The topological polar surface area (TPSA) is 67.3 Å². The number of rotatable bonds is 8. The minimum absolute atomic E-state index is 0.220. The van der Waals surface area contributed by atoms with E-state index >= 15 is 0 Å². The van der Waals surface area contributed by atoms with Crippen molar-refractivity contribution >= 4 is 34.5 Å². The van der Waals surface area contributed by atoms with Crippen molar-refractivity contribution in [3.63, 3.8) is 0 Å². The second-order valence-electron chi connectivity index (χ2n) is 8.80. The molecule has 2 aromatic heterocycles. The molecule has 2 aromatic carbocycles. The van der Waals surface area contributed by atoms with Crippen LogP contribution in [0.2, 0.25) is 0 Å². The maximum absolute atomic E-state index is 5.44. The van der Waals surface area contributed by atoms with Crippen molar-refractivity contribution in [2.24, 2.45) is 0 Å². The van der Waals surface area contributed by atoms with Crippen molar-refractivity contribution in [2.75, 3.05) is 48.8 Å². The molecule has 1 aliphatic rings. The Morgan fingerprint density at radius 3 is 2.29 bits per heavy atom. The van der Waals surface area contributed by atoms with E-state index in [-0.39, 0.29) is 5.92 Å². The predicted octanol–water partition coefficient (Wildman–Crippen LogP) is 4.74. The van der Waals surface area contributed by atoms with Crippen LogP contribution in [0.1, 0.15) is 29.8 Å². The first-order valence-corrected chi connectivity index (χ1v) is 13.1. The number of fused-ring (bicyclic) bond motifs is 1. The fourth-order valence-electron chi connectivity index (χ4n) is 4.45. The van der Waals surface area contributed by atoms with Crippen molar-refractivity contribution in [3.8, 4) is 0 Å². The van der Waals surface area contributed by atoms with Gasteiger partial charge in [0, 0.05) is 55.5 Å². The van der Waals surface area contributed by atoms with Gasteiger partial charge in [0.15, 0.2) is 5.82 Å². The van der Waals surface area contributed by atoms with Crippen LogP contribution in [0.15, 0.2) is 67.0 Å². The lowest BCUT2D eigenvalue weighted by atomic mass is 10.0. The van der Waals surface area contributed by atoms with E-state index in [1.807, 2.05) is 24.7 Å². The molecule has 1 aliphatic heterocycles. The number of anilines is 2. The van der Waals surface area contributed by atoms with E-state index in [1.54, 1.807) is 0 Å². The average Bonchev–Trinajstić information content (AvgIpc) is 2.93. The summed E-state index contributed by atoms with van der Waals surface area (Å²) < 4.78 is 5.44. The van der Waals surface area contributed by atoms with Crippen LogP contribution in [0, 0.1) is 0 Å². The van der Waals surface area contributed by atoms with Gasteiger partial charge in [-0.3, -0.25) is 4.98 Å². The van der Waals surface area contributed by atoms with Crippen molar-refractivity contribution in [1.29, 1.82) is 0 Å². The highest BCUT2D eigenvalue weighted by Gasteiger charge is 2.22. The fourth-order valence-corrected chi connectivity index (χ4v) is 4.79. The number of aromatic nitrogens is 4. The molecule has 0 aliphatic carbocycles. The summed E-state index contributed by atoms with van der Waals surface area (Å²) >= 11 is 1.38. The molecule has 0 N–H and O–H groups in total. The summed E-state index contributed by atoms with van der Waals surface area (Å²) in [6.45, 7) is 6.18. The monoisotopic (exact) mass is 486 g/mol. The Labute approximate surface area is 210 Å². The standard InChI is InChI=1S/C27H30N6OS/c1-20(19-34-35-2)25-17-29-26(18-28-25)32-12-14-33(15-13-32)27-23-11-7-6-10-22(23)24(30-31-27)16-21-8-4-3-5-9-21/h3-11,17-18,20H,12-16,19H2,1-2H3. The summed E-state index contributed by atoms with van der Waals surface area (Å²) in [6, 6.07) is 18.9. The Morgan fingerprint density at radius 1 is 0.857 bits per heavy atom. The molecule has 7 nitrogen and oxygen atoms in total. The van der Waals surface area contributed by atoms with Crippen LogP contribution in [0.4, 0.5) is 11.6 Å². The number of hydrogen-bond donors (Lipinski definition) is 0. The SMILES string of the molecule is CSOCC(C)c1cnc(N2CCN(c3nnc(Cc4ccccc4)c4ccccc34)CC2)cn1. The molecule has 1 unspecified atom stereocenters. The number of piperazine rings is 1. The van der Waals surface area contributed by atoms with Crippen LogP contribution < -0.4 is 9.80 Å². The van der Waals surface area contributed by atoms with Crippen molar-refractivity contribution in [3.05, 3.63) is 83.9 Å². The van der Waals surface area contributed by atoms with Crippen LogP contribution in [0.5, 0.6) is 0 Å². The molecule has 0 bridgehead atoms. The maximum Gasteiger partial charge on any atom is 0.159 e. The van der Waals surface area contributed by atoms with E-state index in [4.69, 9.17) is 9.28 Å². The van der Waals surface area contributed by atoms with Gasteiger partial charge in [-0.25, -0.2) is 4.98 Å². The smallest absolute Gasteiger partial charge is 0.159 e. The third kappa shape index (κ3) is 5.39. The minimum atomic E-state index is 0.220. The molecule has 1 saturated heterocycles. The zero-order valence-corrected chi connectivity index (χ0v) is 21.0. The first kappa shape index (κ1) is 23.5. The van der Waals surface area contributed by atoms with E-state index < -0.39 is 0 Å². The first-order valence-electron chi connectivity index (χ1n) is 12.0.